The van der Waals surface area contributed by atoms with E-state index in [1.165, 1.54) is 6.07 Å². The number of carbonyl (C=O) groups is 1. The maximum atomic E-state index is 11.7. The predicted octanol–water partition coefficient (Wildman–Crippen LogP) is 0.379. The van der Waals surface area contributed by atoms with Crippen molar-refractivity contribution in [1.29, 1.82) is 0 Å². The van der Waals surface area contributed by atoms with Gasteiger partial charge in [0.25, 0.3) is 12.3 Å². The third kappa shape index (κ3) is 5.02. The van der Waals surface area contributed by atoms with Gasteiger partial charge in [0.05, 0.1) is 6.61 Å². The molecular weight excluding hydrogens is 246 g/mol. The highest BCUT2D eigenvalue weighted by Gasteiger charge is 2.07. The first kappa shape index (κ1) is 14.3. The Kier molecular flexibility index (Phi) is 5.95. The predicted molar refractivity (Wildman–Crippen MR) is 61.2 cm³/mol. The molecule has 1 heterocycles. The van der Waals surface area contributed by atoms with Crippen molar-refractivity contribution >= 4 is 11.7 Å². The summed E-state index contributed by atoms with van der Waals surface area (Å²) < 4.78 is 28.1. The number of aromatic nitrogens is 1. The Labute approximate surface area is 102 Å². The van der Waals surface area contributed by atoms with Crippen LogP contribution in [0.15, 0.2) is 18.2 Å². The zero-order chi connectivity index (χ0) is 13.4. The summed E-state index contributed by atoms with van der Waals surface area (Å²) in [5.41, 5.74) is 2.49. The summed E-state index contributed by atoms with van der Waals surface area (Å²) in [4.78, 5) is 15.5. The average molecular weight is 260 g/mol. The number of rotatable bonds is 7. The minimum Gasteiger partial charge on any atom is -0.374 e. The Morgan fingerprint density at radius 2 is 2.28 bits per heavy atom. The van der Waals surface area contributed by atoms with Crippen molar-refractivity contribution in [2.75, 3.05) is 25.2 Å². The Morgan fingerprint density at radius 1 is 1.50 bits per heavy atom. The Hall–Kier alpha value is -1.80. The van der Waals surface area contributed by atoms with E-state index < -0.39 is 18.9 Å². The summed E-state index contributed by atoms with van der Waals surface area (Å²) in [5, 5.41) is 2.48. The lowest BCUT2D eigenvalue weighted by Crippen LogP contribution is -2.28. The summed E-state index contributed by atoms with van der Waals surface area (Å²) in [5.74, 6) is 5.09. The molecule has 100 valence electrons. The molecule has 0 unspecified atom stereocenters. The van der Waals surface area contributed by atoms with E-state index >= 15 is 0 Å². The van der Waals surface area contributed by atoms with Crippen LogP contribution in [0.1, 0.15) is 10.5 Å². The highest BCUT2D eigenvalue weighted by Crippen LogP contribution is 2.02. The van der Waals surface area contributed by atoms with Crippen molar-refractivity contribution < 1.29 is 18.3 Å². The van der Waals surface area contributed by atoms with Crippen LogP contribution in [-0.4, -0.2) is 37.1 Å². The smallest absolute Gasteiger partial charge is 0.270 e. The number of hydrogen-bond acceptors (Lipinski definition) is 5. The molecule has 1 aromatic rings. The summed E-state index contributed by atoms with van der Waals surface area (Å²) >= 11 is 0. The van der Waals surface area contributed by atoms with Crippen LogP contribution in [0, 0.1) is 0 Å². The summed E-state index contributed by atoms with van der Waals surface area (Å²) in [7, 11) is 0. The number of alkyl halides is 2. The van der Waals surface area contributed by atoms with Crippen molar-refractivity contribution in [3.8, 4) is 0 Å². The van der Waals surface area contributed by atoms with Crippen LogP contribution >= 0.6 is 0 Å². The van der Waals surface area contributed by atoms with E-state index in [1.807, 2.05) is 0 Å². The lowest BCUT2D eigenvalue weighted by atomic mass is 10.3. The molecule has 0 saturated heterocycles. The third-order valence-electron chi connectivity index (χ3n) is 1.91. The second-order valence-corrected chi connectivity index (χ2v) is 3.27. The SMILES string of the molecule is NNc1cccc(C(=O)NCCOCC(F)F)n1. The van der Waals surface area contributed by atoms with Crippen LogP contribution in [0.4, 0.5) is 14.6 Å². The van der Waals surface area contributed by atoms with Gasteiger partial charge in [-0.2, -0.15) is 0 Å². The van der Waals surface area contributed by atoms with Crippen molar-refractivity contribution in [3.05, 3.63) is 23.9 Å². The first-order chi connectivity index (χ1) is 8.63. The number of halogens is 2. The molecule has 0 aliphatic heterocycles. The minimum absolute atomic E-state index is 0.0188. The van der Waals surface area contributed by atoms with E-state index in [0.717, 1.165) is 0 Å². The second kappa shape index (κ2) is 7.51. The number of nitrogens with one attached hydrogen (secondary N) is 2. The number of hydrogen-bond donors (Lipinski definition) is 3. The van der Waals surface area contributed by atoms with Gasteiger partial charge < -0.3 is 15.5 Å². The number of anilines is 1. The largest absolute Gasteiger partial charge is 0.374 e. The molecule has 1 rings (SSSR count). The second-order valence-electron chi connectivity index (χ2n) is 3.27. The quantitative estimate of drug-likeness (QED) is 0.374. The van der Waals surface area contributed by atoms with Crippen LogP contribution in [-0.2, 0) is 4.74 Å². The molecular formula is C10H14F2N4O2. The number of amides is 1. The summed E-state index contributed by atoms with van der Waals surface area (Å²) in [6.45, 7) is -0.487. The Morgan fingerprint density at radius 3 is 2.94 bits per heavy atom. The monoisotopic (exact) mass is 260 g/mol. The normalized spacial score (nSPS) is 10.4. The fourth-order valence-electron chi connectivity index (χ4n) is 1.14. The fourth-order valence-corrected chi connectivity index (χ4v) is 1.14. The third-order valence-corrected chi connectivity index (χ3v) is 1.91. The number of nitrogens with zero attached hydrogens (tertiary/aromatic N) is 1. The van der Waals surface area contributed by atoms with Gasteiger partial charge in [0.1, 0.15) is 18.1 Å². The molecule has 0 aromatic carbocycles. The molecule has 1 aromatic heterocycles. The zero-order valence-electron chi connectivity index (χ0n) is 9.53. The van der Waals surface area contributed by atoms with E-state index in [1.54, 1.807) is 12.1 Å². The molecule has 6 nitrogen and oxygen atoms in total. The Balaban J connectivity index is 2.31. The van der Waals surface area contributed by atoms with Gasteiger partial charge in [0, 0.05) is 6.54 Å². The van der Waals surface area contributed by atoms with E-state index in [-0.39, 0.29) is 18.8 Å². The van der Waals surface area contributed by atoms with Crippen LogP contribution < -0.4 is 16.6 Å². The molecule has 0 bridgehead atoms. The minimum atomic E-state index is -2.50. The molecule has 0 radical (unpaired) electrons. The number of nitrogen functional groups attached to an aromatic ring is 1. The van der Waals surface area contributed by atoms with E-state index in [0.29, 0.717) is 5.82 Å². The average Bonchev–Trinajstić information content (AvgIpc) is 2.37. The Bertz CT molecular complexity index is 390. The molecule has 18 heavy (non-hydrogen) atoms. The number of ether oxygens (including phenoxy) is 1. The topological polar surface area (TPSA) is 89.3 Å². The maximum absolute atomic E-state index is 11.7. The van der Waals surface area contributed by atoms with Crippen molar-refractivity contribution in [1.82, 2.24) is 10.3 Å². The van der Waals surface area contributed by atoms with Crippen LogP contribution in [0.3, 0.4) is 0 Å². The van der Waals surface area contributed by atoms with Crippen LogP contribution in [0.5, 0.6) is 0 Å². The molecule has 0 spiro atoms. The zero-order valence-corrected chi connectivity index (χ0v) is 9.53. The standard InChI is InChI=1S/C10H14F2N4O2/c11-8(12)6-18-5-4-14-10(17)7-2-1-3-9(15-7)16-13/h1-3,8H,4-6,13H2,(H,14,17)(H,15,16). The van der Waals surface area contributed by atoms with Gasteiger partial charge in [-0.05, 0) is 12.1 Å². The van der Waals surface area contributed by atoms with E-state index in [4.69, 9.17) is 5.84 Å². The van der Waals surface area contributed by atoms with Crippen molar-refractivity contribution in [3.63, 3.8) is 0 Å². The van der Waals surface area contributed by atoms with Gasteiger partial charge in [-0.15, -0.1) is 0 Å². The molecule has 0 aliphatic rings. The molecule has 0 fully saturated rings. The number of hydrazine groups is 1. The highest BCUT2D eigenvalue weighted by molar-refractivity contribution is 5.92. The number of nitrogens with two attached hydrogens (primary N) is 1. The van der Waals surface area contributed by atoms with E-state index in [9.17, 15) is 13.6 Å². The van der Waals surface area contributed by atoms with Crippen molar-refractivity contribution in [2.45, 2.75) is 6.43 Å². The van der Waals surface area contributed by atoms with E-state index in [2.05, 4.69) is 20.5 Å². The number of pyridine rings is 1. The fraction of sp³-hybridized carbons (Fsp3) is 0.400. The molecule has 4 N–H and O–H groups in total. The van der Waals surface area contributed by atoms with Gasteiger partial charge in [-0.3, -0.25) is 4.79 Å². The van der Waals surface area contributed by atoms with Gasteiger partial charge >= 0.3 is 0 Å². The van der Waals surface area contributed by atoms with Gasteiger partial charge in [-0.25, -0.2) is 19.6 Å². The van der Waals surface area contributed by atoms with Gasteiger partial charge in [-0.1, -0.05) is 6.07 Å². The molecule has 0 aliphatic carbocycles. The number of carbonyl (C=O) groups excluding carboxylic acids is 1. The first-order valence-electron chi connectivity index (χ1n) is 5.21. The summed E-state index contributed by atoms with van der Waals surface area (Å²) in [6.07, 6.45) is -2.50. The van der Waals surface area contributed by atoms with Crippen LogP contribution in [0.25, 0.3) is 0 Å². The first-order valence-corrected chi connectivity index (χ1v) is 5.21. The molecule has 0 saturated carbocycles. The van der Waals surface area contributed by atoms with Gasteiger partial charge in [0.15, 0.2) is 0 Å². The molecule has 0 atom stereocenters. The van der Waals surface area contributed by atoms with Crippen molar-refractivity contribution in [2.24, 2.45) is 5.84 Å². The van der Waals surface area contributed by atoms with Gasteiger partial charge in [0.2, 0.25) is 0 Å². The molecule has 8 heteroatoms. The lowest BCUT2D eigenvalue weighted by Gasteiger charge is -2.06. The molecule has 1 amide bonds. The summed E-state index contributed by atoms with van der Waals surface area (Å²) in [6, 6.07) is 4.73. The maximum Gasteiger partial charge on any atom is 0.270 e. The van der Waals surface area contributed by atoms with Crippen LogP contribution in [0.2, 0.25) is 0 Å². The lowest BCUT2D eigenvalue weighted by molar-refractivity contribution is 0.0188. The highest BCUT2D eigenvalue weighted by atomic mass is 19.3.